The van der Waals surface area contributed by atoms with Crippen molar-refractivity contribution in [2.75, 3.05) is 26.2 Å². The van der Waals surface area contributed by atoms with Crippen LogP contribution in [0.5, 0.6) is 0 Å². The van der Waals surface area contributed by atoms with Gasteiger partial charge in [-0.15, -0.1) is 11.3 Å². The van der Waals surface area contributed by atoms with Crippen LogP contribution >= 0.6 is 11.3 Å². The van der Waals surface area contributed by atoms with Gasteiger partial charge >= 0.3 is 0 Å². The third-order valence-electron chi connectivity index (χ3n) is 4.57. The van der Waals surface area contributed by atoms with Crippen molar-refractivity contribution in [1.29, 1.82) is 0 Å². The highest BCUT2D eigenvalue weighted by molar-refractivity contribution is 7.15. The average Bonchev–Trinajstić information content (AvgIpc) is 3.31. The van der Waals surface area contributed by atoms with E-state index in [0.717, 1.165) is 44.8 Å². The lowest BCUT2D eigenvalue weighted by molar-refractivity contribution is 0.0755. The monoisotopic (exact) mass is 367 g/mol. The maximum absolute atomic E-state index is 12.6. The van der Waals surface area contributed by atoms with Crippen molar-refractivity contribution in [2.24, 2.45) is 0 Å². The number of pyridine rings is 1. The molecule has 1 saturated heterocycles. The Hall–Kier alpha value is -2.51. The number of H-pyrrole nitrogens is 1. The third-order valence-corrected chi connectivity index (χ3v) is 5.67. The Balaban J connectivity index is 1.36. The highest BCUT2D eigenvalue weighted by Gasteiger charge is 2.21. The number of rotatable bonds is 4. The standard InChI is InChI=1S/C19H21N5OS/c25-19(17-4-1-2-8-20-17)24-11-3-10-23(12-13-24)14-15-5-6-18(26-15)16-7-9-21-22-16/h1-2,4-9H,3,10-14H2,(H,21,22). The minimum absolute atomic E-state index is 0.0325. The maximum Gasteiger partial charge on any atom is 0.272 e. The SMILES string of the molecule is O=C(c1ccccn1)N1CCCN(Cc2ccc(-c3ccn[nH]3)s2)CC1. The lowest BCUT2D eigenvalue weighted by Gasteiger charge is -2.21. The van der Waals surface area contributed by atoms with Crippen LogP contribution < -0.4 is 0 Å². The number of hydrogen-bond donors (Lipinski definition) is 1. The van der Waals surface area contributed by atoms with E-state index >= 15 is 0 Å². The molecule has 0 aliphatic carbocycles. The van der Waals surface area contributed by atoms with Gasteiger partial charge in [0.2, 0.25) is 0 Å². The first-order chi connectivity index (χ1) is 12.8. The van der Waals surface area contributed by atoms with Crippen LogP contribution in [0.15, 0.2) is 48.8 Å². The van der Waals surface area contributed by atoms with Crippen LogP contribution in [0.1, 0.15) is 21.8 Å². The van der Waals surface area contributed by atoms with E-state index in [9.17, 15) is 4.79 Å². The van der Waals surface area contributed by atoms with E-state index < -0.39 is 0 Å². The van der Waals surface area contributed by atoms with Crippen molar-refractivity contribution in [2.45, 2.75) is 13.0 Å². The number of nitrogens with zero attached hydrogens (tertiary/aromatic N) is 4. The lowest BCUT2D eigenvalue weighted by Crippen LogP contribution is -2.35. The summed E-state index contributed by atoms with van der Waals surface area (Å²) in [7, 11) is 0. The second kappa shape index (κ2) is 7.80. The number of carbonyl (C=O) groups excluding carboxylic acids is 1. The molecular formula is C19H21N5OS. The van der Waals surface area contributed by atoms with Gasteiger partial charge in [-0.3, -0.25) is 19.8 Å². The van der Waals surface area contributed by atoms with Crippen LogP contribution in [-0.2, 0) is 6.54 Å². The molecule has 0 bridgehead atoms. The Kier molecular flexibility index (Phi) is 5.08. The zero-order valence-corrected chi connectivity index (χ0v) is 15.3. The van der Waals surface area contributed by atoms with Crippen LogP contribution in [0.4, 0.5) is 0 Å². The van der Waals surface area contributed by atoms with Crippen LogP contribution in [-0.4, -0.2) is 57.1 Å². The molecule has 0 unspecified atom stereocenters. The predicted molar refractivity (Wildman–Crippen MR) is 102 cm³/mol. The predicted octanol–water partition coefficient (Wildman–Crippen LogP) is 2.88. The van der Waals surface area contributed by atoms with E-state index in [4.69, 9.17) is 0 Å². The fraction of sp³-hybridized carbons (Fsp3) is 0.316. The van der Waals surface area contributed by atoms with E-state index in [1.54, 1.807) is 29.8 Å². The second-order valence-electron chi connectivity index (χ2n) is 6.37. The molecule has 0 radical (unpaired) electrons. The number of aromatic nitrogens is 3. The molecule has 6 nitrogen and oxygen atoms in total. The van der Waals surface area contributed by atoms with Crippen LogP contribution in [0, 0.1) is 0 Å². The van der Waals surface area contributed by atoms with Gasteiger partial charge in [-0.05, 0) is 36.8 Å². The van der Waals surface area contributed by atoms with Gasteiger partial charge in [0.15, 0.2) is 0 Å². The number of hydrogen-bond acceptors (Lipinski definition) is 5. The Morgan fingerprint density at radius 2 is 2.04 bits per heavy atom. The summed E-state index contributed by atoms with van der Waals surface area (Å²) in [6.07, 6.45) is 4.43. The summed E-state index contributed by atoms with van der Waals surface area (Å²) < 4.78 is 0. The Labute approximate surface area is 156 Å². The number of aromatic amines is 1. The first kappa shape index (κ1) is 16.9. The minimum atomic E-state index is 0.0325. The molecule has 1 aliphatic rings. The molecular weight excluding hydrogens is 346 g/mol. The van der Waals surface area contributed by atoms with E-state index in [1.807, 2.05) is 23.1 Å². The molecule has 3 aromatic rings. The summed E-state index contributed by atoms with van der Waals surface area (Å²) in [5, 5.41) is 7.03. The van der Waals surface area contributed by atoms with E-state index in [-0.39, 0.29) is 5.91 Å². The van der Waals surface area contributed by atoms with Crippen LogP contribution in [0.2, 0.25) is 0 Å². The summed E-state index contributed by atoms with van der Waals surface area (Å²) in [4.78, 5) is 23.7. The van der Waals surface area contributed by atoms with Crippen molar-refractivity contribution >= 4 is 17.2 Å². The van der Waals surface area contributed by atoms with Crippen molar-refractivity contribution in [3.63, 3.8) is 0 Å². The summed E-state index contributed by atoms with van der Waals surface area (Å²) in [5.41, 5.74) is 1.59. The molecule has 1 fully saturated rings. The first-order valence-corrected chi connectivity index (χ1v) is 9.62. The van der Waals surface area contributed by atoms with Gasteiger partial charge in [0.1, 0.15) is 5.69 Å². The maximum atomic E-state index is 12.6. The highest BCUT2D eigenvalue weighted by atomic mass is 32.1. The van der Waals surface area contributed by atoms with E-state index in [1.165, 1.54) is 9.75 Å². The smallest absolute Gasteiger partial charge is 0.272 e. The molecule has 0 spiro atoms. The quantitative estimate of drug-likeness (QED) is 0.770. The van der Waals surface area contributed by atoms with Crippen LogP contribution in [0.25, 0.3) is 10.6 Å². The third kappa shape index (κ3) is 3.84. The first-order valence-electron chi connectivity index (χ1n) is 8.81. The van der Waals surface area contributed by atoms with Gasteiger partial charge in [0.05, 0.1) is 10.6 Å². The minimum Gasteiger partial charge on any atom is -0.336 e. The van der Waals surface area contributed by atoms with E-state index in [2.05, 4.69) is 32.2 Å². The fourth-order valence-electron chi connectivity index (χ4n) is 3.20. The summed E-state index contributed by atoms with van der Waals surface area (Å²) in [5.74, 6) is 0.0325. The molecule has 7 heteroatoms. The molecule has 134 valence electrons. The van der Waals surface area contributed by atoms with Gasteiger partial charge in [-0.25, -0.2) is 0 Å². The van der Waals surface area contributed by atoms with Gasteiger partial charge in [0, 0.05) is 50.0 Å². The highest BCUT2D eigenvalue weighted by Crippen LogP contribution is 2.27. The molecule has 4 rings (SSSR count). The molecule has 1 N–H and O–H groups in total. The number of thiophene rings is 1. The number of amides is 1. The Bertz CT molecular complexity index is 846. The van der Waals surface area contributed by atoms with Crippen LogP contribution in [0.3, 0.4) is 0 Å². The summed E-state index contributed by atoms with van der Waals surface area (Å²) in [6, 6.07) is 11.8. The molecule has 0 saturated carbocycles. The normalized spacial score (nSPS) is 15.8. The molecule has 0 aromatic carbocycles. The number of nitrogens with one attached hydrogen (secondary N) is 1. The largest absolute Gasteiger partial charge is 0.336 e. The van der Waals surface area contributed by atoms with Gasteiger partial charge in [0.25, 0.3) is 5.91 Å². The Morgan fingerprint density at radius 3 is 2.85 bits per heavy atom. The molecule has 4 heterocycles. The summed E-state index contributed by atoms with van der Waals surface area (Å²) >= 11 is 1.79. The molecule has 1 aliphatic heterocycles. The lowest BCUT2D eigenvalue weighted by atomic mass is 10.3. The van der Waals surface area contributed by atoms with Gasteiger partial charge in [-0.1, -0.05) is 6.07 Å². The number of carbonyl (C=O) groups is 1. The molecule has 26 heavy (non-hydrogen) atoms. The molecule has 3 aromatic heterocycles. The topological polar surface area (TPSA) is 65.1 Å². The average molecular weight is 367 g/mol. The van der Waals surface area contributed by atoms with Crippen molar-refractivity contribution in [3.05, 3.63) is 59.4 Å². The van der Waals surface area contributed by atoms with Crippen molar-refractivity contribution in [3.8, 4) is 10.6 Å². The van der Waals surface area contributed by atoms with Crippen molar-refractivity contribution < 1.29 is 4.79 Å². The summed E-state index contributed by atoms with van der Waals surface area (Å²) in [6.45, 7) is 4.34. The molecule has 0 atom stereocenters. The molecule has 1 amide bonds. The Morgan fingerprint density at radius 1 is 1.08 bits per heavy atom. The second-order valence-corrected chi connectivity index (χ2v) is 7.54. The van der Waals surface area contributed by atoms with Gasteiger partial charge < -0.3 is 4.90 Å². The van der Waals surface area contributed by atoms with Crippen molar-refractivity contribution in [1.82, 2.24) is 25.0 Å². The zero-order valence-electron chi connectivity index (χ0n) is 14.5. The zero-order chi connectivity index (χ0) is 17.8. The fourth-order valence-corrected chi connectivity index (χ4v) is 4.23. The van der Waals surface area contributed by atoms with Gasteiger partial charge in [-0.2, -0.15) is 5.10 Å². The van der Waals surface area contributed by atoms with E-state index in [0.29, 0.717) is 5.69 Å².